The van der Waals surface area contributed by atoms with Crippen molar-refractivity contribution in [3.8, 4) is 5.75 Å². The Morgan fingerprint density at radius 1 is 1.50 bits per heavy atom. The van der Waals surface area contributed by atoms with E-state index in [1.165, 1.54) is 6.08 Å². The Bertz CT molecular complexity index is 815. The van der Waals surface area contributed by atoms with Crippen molar-refractivity contribution in [1.82, 2.24) is 10.4 Å². The van der Waals surface area contributed by atoms with E-state index in [2.05, 4.69) is 32.9 Å². The lowest BCUT2D eigenvalue weighted by atomic mass is 10.1. The highest BCUT2D eigenvalue weighted by atomic mass is 79.9. The fourth-order valence-electron chi connectivity index (χ4n) is 2.16. The van der Waals surface area contributed by atoms with E-state index < -0.39 is 13.0 Å². The van der Waals surface area contributed by atoms with E-state index >= 15 is 0 Å². The van der Waals surface area contributed by atoms with Gasteiger partial charge in [-0.05, 0) is 41.1 Å². The summed E-state index contributed by atoms with van der Waals surface area (Å²) in [7, 11) is 0. The first-order chi connectivity index (χ1) is 11.4. The van der Waals surface area contributed by atoms with Crippen LogP contribution < -0.4 is 16.0 Å². The number of allylic oxidation sites excluding steroid dienone is 3. The van der Waals surface area contributed by atoms with Crippen molar-refractivity contribution in [3.05, 3.63) is 52.3 Å². The van der Waals surface area contributed by atoms with Gasteiger partial charge < -0.3 is 15.1 Å². The van der Waals surface area contributed by atoms with Gasteiger partial charge in [0.1, 0.15) is 12.4 Å². The second-order valence-corrected chi connectivity index (χ2v) is 5.83. The van der Waals surface area contributed by atoms with E-state index in [0.29, 0.717) is 32.3 Å². The lowest BCUT2D eigenvalue weighted by Crippen LogP contribution is -2.22. The van der Waals surface area contributed by atoms with Gasteiger partial charge >= 0.3 is 0 Å². The minimum Gasteiger partial charge on any atom is -0.486 e. The topological polar surface area (TPSA) is 80.1 Å². The van der Waals surface area contributed by atoms with Crippen molar-refractivity contribution in [2.24, 2.45) is 5.84 Å². The number of halogens is 3. The molecule has 0 aliphatic carbocycles. The van der Waals surface area contributed by atoms with Crippen molar-refractivity contribution in [2.45, 2.75) is 13.3 Å². The number of rotatable bonds is 7. The minimum atomic E-state index is -2.57. The number of ketones is 1. The van der Waals surface area contributed by atoms with Crippen LogP contribution in [0.1, 0.15) is 17.4 Å². The van der Waals surface area contributed by atoms with Crippen LogP contribution in [0.15, 0.2) is 46.6 Å². The number of nitrogens with one attached hydrogen (secondary N) is 2. The summed E-state index contributed by atoms with van der Waals surface area (Å²) in [5.41, 5.74) is 4.22. The molecule has 0 fully saturated rings. The van der Waals surface area contributed by atoms with Crippen molar-refractivity contribution >= 4 is 32.6 Å². The number of fused-ring (bicyclic) bond motifs is 1. The van der Waals surface area contributed by atoms with Crippen molar-refractivity contribution in [1.29, 1.82) is 0 Å². The molecule has 4 N–H and O–H groups in total. The molecule has 0 amide bonds. The average Bonchev–Trinajstić information content (AvgIpc) is 2.95. The summed E-state index contributed by atoms with van der Waals surface area (Å²) in [5, 5.41) is 0.660. The molecule has 0 bridgehead atoms. The number of H-pyrrole nitrogens is 1. The first-order valence-electron chi connectivity index (χ1n) is 6.95. The van der Waals surface area contributed by atoms with Gasteiger partial charge in [-0.2, -0.15) is 0 Å². The quantitative estimate of drug-likeness (QED) is 0.218. The van der Waals surface area contributed by atoms with Crippen LogP contribution in [-0.2, 0) is 0 Å². The van der Waals surface area contributed by atoms with Gasteiger partial charge in [-0.1, -0.05) is 12.7 Å². The van der Waals surface area contributed by atoms with Crippen LogP contribution >= 0.6 is 15.9 Å². The molecule has 128 valence electrons. The van der Waals surface area contributed by atoms with Crippen LogP contribution in [0.5, 0.6) is 5.75 Å². The number of carbonyl (C=O) groups excluding carboxylic acids is 1. The van der Waals surface area contributed by atoms with Gasteiger partial charge in [0.05, 0.1) is 10.2 Å². The predicted octanol–water partition coefficient (Wildman–Crippen LogP) is 3.68. The molecule has 1 aromatic carbocycles. The first-order valence-corrected chi connectivity index (χ1v) is 7.74. The van der Waals surface area contributed by atoms with Crippen LogP contribution in [0.2, 0.25) is 0 Å². The third kappa shape index (κ3) is 3.82. The van der Waals surface area contributed by atoms with Gasteiger partial charge in [0, 0.05) is 22.2 Å². The number of alkyl halides is 2. The van der Waals surface area contributed by atoms with E-state index in [-0.39, 0.29) is 11.5 Å². The maximum Gasteiger partial charge on any atom is 0.272 e. The SMILES string of the molecule is C=C/C(C(=O)c1cc2cc(OCC(F)F)c(Br)cc2[nH]1)=C(\C)NN. The molecule has 0 saturated carbocycles. The summed E-state index contributed by atoms with van der Waals surface area (Å²) in [5.74, 6) is 5.32. The fraction of sp³-hybridized carbons (Fsp3) is 0.188. The van der Waals surface area contributed by atoms with Crippen LogP contribution in [0.3, 0.4) is 0 Å². The molecule has 0 aliphatic rings. The Morgan fingerprint density at radius 2 is 2.21 bits per heavy atom. The molecule has 0 spiro atoms. The zero-order valence-corrected chi connectivity index (χ0v) is 14.4. The van der Waals surface area contributed by atoms with Crippen LogP contribution in [0, 0.1) is 0 Å². The number of benzene rings is 1. The summed E-state index contributed by atoms with van der Waals surface area (Å²) in [4.78, 5) is 15.5. The number of hydrogen-bond donors (Lipinski definition) is 3. The molecular weight excluding hydrogens is 384 g/mol. The standard InChI is InChI=1S/C16H16BrF2N3O2/c1-3-10(8(2)22-20)16(23)13-4-9-5-14(24-7-15(18)19)11(17)6-12(9)21-13/h3-6,15,21-22H,1,7,20H2,2H3/b10-8-. The molecule has 1 aromatic heterocycles. The average molecular weight is 400 g/mol. The number of ether oxygens (including phenoxy) is 1. The number of hydrogen-bond acceptors (Lipinski definition) is 4. The van der Waals surface area contributed by atoms with Gasteiger partial charge in [-0.3, -0.25) is 10.6 Å². The summed E-state index contributed by atoms with van der Waals surface area (Å²) < 4.78 is 30.1. The number of hydrazine groups is 1. The third-order valence-electron chi connectivity index (χ3n) is 3.35. The fourth-order valence-corrected chi connectivity index (χ4v) is 2.62. The van der Waals surface area contributed by atoms with E-state index in [1.54, 1.807) is 25.1 Å². The summed E-state index contributed by atoms with van der Waals surface area (Å²) >= 11 is 3.26. The molecule has 1 heterocycles. The molecule has 8 heteroatoms. The zero-order chi connectivity index (χ0) is 17.9. The number of Topliss-reactive ketones (excluding diaryl/α,β-unsaturated/α-hetero) is 1. The lowest BCUT2D eigenvalue weighted by Gasteiger charge is -2.07. The molecule has 2 rings (SSSR count). The normalized spacial score (nSPS) is 12.2. The molecule has 0 unspecified atom stereocenters. The maximum atomic E-state index is 12.5. The zero-order valence-electron chi connectivity index (χ0n) is 12.8. The summed E-state index contributed by atoms with van der Waals surface area (Å²) in [6, 6.07) is 4.87. The predicted molar refractivity (Wildman–Crippen MR) is 92.0 cm³/mol. The summed E-state index contributed by atoms with van der Waals surface area (Å²) in [6.07, 6.45) is -1.15. The Hall–Kier alpha value is -2.19. The van der Waals surface area contributed by atoms with E-state index in [1.807, 2.05) is 0 Å². The second-order valence-electron chi connectivity index (χ2n) is 4.97. The number of carbonyl (C=O) groups is 1. The molecule has 24 heavy (non-hydrogen) atoms. The molecular formula is C16H16BrF2N3O2. The van der Waals surface area contributed by atoms with Crippen LogP contribution in [0.4, 0.5) is 8.78 Å². The largest absolute Gasteiger partial charge is 0.486 e. The molecule has 0 aliphatic heterocycles. The number of aromatic amines is 1. The second kappa shape index (κ2) is 7.59. The molecule has 2 aromatic rings. The van der Waals surface area contributed by atoms with Crippen LogP contribution in [-0.4, -0.2) is 23.8 Å². The van der Waals surface area contributed by atoms with E-state index in [9.17, 15) is 13.6 Å². The highest BCUT2D eigenvalue weighted by molar-refractivity contribution is 9.10. The van der Waals surface area contributed by atoms with Gasteiger partial charge in [0.2, 0.25) is 5.78 Å². The van der Waals surface area contributed by atoms with Crippen LogP contribution in [0.25, 0.3) is 10.9 Å². The molecule has 0 saturated heterocycles. The van der Waals surface area contributed by atoms with Gasteiger partial charge in [0.15, 0.2) is 0 Å². The minimum absolute atomic E-state index is 0.278. The first kappa shape index (κ1) is 18.2. The van der Waals surface area contributed by atoms with E-state index in [0.717, 1.165) is 0 Å². The molecule has 5 nitrogen and oxygen atoms in total. The Morgan fingerprint density at radius 3 is 2.79 bits per heavy atom. The van der Waals surface area contributed by atoms with Crippen molar-refractivity contribution in [3.63, 3.8) is 0 Å². The van der Waals surface area contributed by atoms with Gasteiger partial charge in [-0.25, -0.2) is 8.78 Å². The Labute approximate surface area is 145 Å². The van der Waals surface area contributed by atoms with Crippen molar-refractivity contribution in [2.75, 3.05) is 6.61 Å². The Balaban J connectivity index is 2.41. The highest BCUT2D eigenvalue weighted by Gasteiger charge is 2.16. The van der Waals surface area contributed by atoms with Crippen molar-refractivity contribution < 1.29 is 18.3 Å². The smallest absolute Gasteiger partial charge is 0.272 e. The summed E-state index contributed by atoms with van der Waals surface area (Å²) in [6.45, 7) is 4.57. The highest BCUT2D eigenvalue weighted by Crippen LogP contribution is 2.31. The number of aromatic nitrogens is 1. The lowest BCUT2D eigenvalue weighted by molar-refractivity contribution is 0.0816. The van der Waals surface area contributed by atoms with E-state index in [4.69, 9.17) is 10.6 Å². The van der Waals surface area contributed by atoms with Gasteiger partial charge in [0.25, 0.3) is 6.43 Å². The van der Waals surface area contributed by atoms with Gasteiger partial charge in [-0.15, -0.1) is 0 Å². The maximum absolute atomic E-state index is 12.5. The molecule has 0 atom stereocenters. The monoisotopic (exact) mass is 399 g/mol. The third-order valence-corrected chi connectivity index (χ3v) is 3.97. The molecule has 0 radical (unpaired) electrons. The number of nitrogens with two attached hydrogens (primary N) is 1. The Kier molecular flexibility index (Phi) is 5.74.